The summed E-state index contributed by atoms with van der Waals surface area (Å²) in [5, 5.41) is 13.8. The number of likely N-dealkylation sites (tertiary alicyclic amines) is 1. The molecule has 1 unspecified atom stereocenters. The van der Waals surface area contributed by atoms with Crippen LogP contribution in [0.4, 0.5) is 5.69 Å². The fourth-order valence-electron chi connectivity index (χ4n) is 3.31. The van der Waals surface area contributed by atoms with Crippen molar-refractivity contribution in [3.63, 3.8) is 0 Å². The van der Waals surface area contributed by atoms with E-state index in [4.69, 9.17) is 5.73 Å². The summed E-state index contributed by atoms with van der Waals surface area (Å²) < 4.78 is 2.88. The molecule has 1 aliphatic heterocycles. The number of nitrogens with one attached hydrogen (secondary N) is 1. The second kappa shape index (κ2) is 7.45. The van der Waals surface area contributed by atoms with Crippen LogP contribution in [-0.4, -0.2) is 44.8 Å². The standard InChI is InChI=1S/C18H20N6O2S/c19-9-14-10-24(22-21-14)15-2-1-6-23(11-15)18(26)17(25)20-13-3-4-16-12(8-13)5-7-27-16/h3-5,7-8,10,15H,1-2,6,9,11,19H2,(H,20,25). The number of aromatic nitrogens is 3. The number of amides is 2. The second-order valence-corrected chi connectivity index (χ2v) is 7.52. The number of nitrogens with two attached hydrogens (primary N) is 1. The third kappa shape index (κ3) is 3.69. The molecule has 0 bridgehead atoms. The van der Waals surface area contributed by atoms with Crippen LogP contribution in [0, 0.1) is 0 Å². The zero-order chi connectivity index (χ0) is 18.8. The molecular weight excluding hydrogens is 364 g/mol. The lowest BCUT2D eigenvalue weighted by atomic mass is 10.1. The van der Waals surface area contributed by atoms with E-state index >= 15 is 0 Å². The number of rotatable bonds is 3. The first-order valence-electron chi connectivity index (χ1n) is 8.82. The molecule has 0 spiro atoms. The Kier molecular flexibility index (Phi) is 4.87. The topological polar surface area (TPSA) is 106 Å². The molecule has 8 nitrogen and oxygen atoms in total. The van der Waals surface area contributed by atoms with Gasteiger partial charge < -0.3 is 16.0 Å². The van der Waals surface area contributed by atoms with Crippen LogP contribution in [0.25, 0.3) is 10.1 Å². The lowest BCUT2D eigenvalue weighted by Gasteiger charge is -2.32. The number of nitrogens with zero attached hydrogens (tertiary/aromatic N) is 4. The van der Waals surface area contributed by atoms with Crippen molar-refractivity contribution in [1.82, 2.24) is 19.9 Å². The number of carbonyl (C=O) groups is 2. The van der Waals surface area contributed by atoms with Crippen molar-refractivity contribution in [3.05, 3.63) is 41.5 Å². The van der Waals surface area contributed by atoms with E-state index in [0.29, 0.717) is 31.0 Å². The van der Waals surface area contributed by atoms with Crippen LogP contribution >= 0.6 is 11.3 Å². The quantitative estimate of drug-likeness (QED) is 0.669. The average Bonchev–Trinajstić information content (AvgIpc) is 3.36. The Balaban J connectivity index is 1.42. The third-order valence-corrected chi connectivity index (χ3v) is 5.63. The predicted octanol–water partition coefficient (Wildman–Crippen LogP) is 1.75. The number of hydrogen-bond donors (Lipinski definition) is 2. The van der Waals surface area contributed by atoms with Crippen molar-refractivity contribution in [1.29, 1.82) is 0 Å². The van der Waals surface area contributed by atoms with Gasteiger partial charge in [-0.05, 0) is 47.9 Å². The van der Waals surface area contributed by atoms with Crippen LogP contribution < -0.4 is 11.1 Å². The molecule has 1 aliphatic rings. The summed E-state index contributed by atoms with van der Waals surface area (Å²) in [6, 6.07) is 7.62. The van der Waals surface area contributed by atoms with Crippen LogP contribution in [0.3, 0.4) is 0 Å². The highest BCUT2D eigenvalue weighted by atomic mass is 32.1. The average molecular weight is 384 g/mol. The summed E-state index contributed by atoms with van der Waals surface area (Å²) in [5.41, 5.74) is 6.91. The second-order valence-electron chi connectivity index (χ2n) is 6.57. The van der Waals surface area contributed by atoms with Gasteiger partial charge in [0.1, 0.15) is 0 Å². The number of thiophene rings is 1. The van der Waals surface area contributed by atoms with Gasteiger partial charge in [-0.15, -0.1) is 16.4 Å². The Labute approximate surface area is 159 Å². The van der Waals surface area contributed by atoms with Crippen LogP contribution in [0.1, 0.15) is 24.6 Å². The summed E-state index contributed by atoms with van der Waals surface area (Å²) in [7, 11) is 0. The van der Waals surface area contributed by atoms with Gasteiger partial charge in [0, 0.05) is 30.0 Å². The van der Waals surface area contributed by atoms with Gasteiger partial charge in [0.2, 0.25) is 0 Å². The van der Waals surface area contributed by atoms with Gasteiger partial charge >= 0.3 is 11.8 Å². The van der Waals surface area contributed by atoms with Gasteiger partial charge in [-0.3, -0.25) is 9.59 Å². The first kappa shape index (κ1) is 17.6. The summed E-state index contributed by atoms with van der Waals surface area (Å²) in [6.45, 7) is 1.32. The molecule has 3 aromatic rings. The Morgan fingerprint density at radius 3 is 3.04 bits per heavy atom. The number of hydrogen-bond acceptors (Lipinski definition) is 6. The molecule has 1 atom stereocenters. The highest BCUT2D eigenvalue weighted by Gasteiger charge is 2.29. The zero-order valence-corrected chi connectivity index (χ0v) is 15.5. The highest BCUT2D eigenvalue weighted by molar-refractivity contribution is 7.17. The minimum absolute atomic E-state index is 0.00505. The maximum atomic E-state index is 12.6. The molecule has 2 aromatic heterocycles. The molecule has 0 radical (unpaired) electrons. The molecule has 0 aliphatic carbocycles. The van der Waals surface area contributed by atoms with Gasteiger partial charge in [0.05, 0.1) is 17.9 Å². The predicted molar refractivity (Wildman–Crippen MR) is 103 cm³/mol. The summed E-state index contributed by atoms with van der Waals surface area (Å²) in [5.74, 6) is -1.14. The molecule has 0 saturated carbocycles. The maximum Gasteiger partial charge on any atom is 0.313 e. The van der Waals surface area contributed by atoms with E-state index in [1.165, 1.54) is 0 Å². The summed E-state index contributed by atoms with van der Waals surface area (Å²) >= 11 is 1.64. The van der Waals surface area contributed by atoms with Gasteiger partial charge in [-0.1, -0.05) is 5.21 Å². The van der Waals surface area contributed by atoms with E-state index in [2.05, 4.69) is 15.6 Å². The number of anilines is 1. The number of benzene rings is 1. The van der Waals surface area contributed by atoms with E-state index in [9.17, 15) is 9.59 Å². The highest BCUT2D eigenvalue weighted by Crippen LogP contribution is 2.24. The van der Waals surface area contributed by atoms with Crippen LogP contribution in [-0.2, 0) is 16.1 Å². The molecule has 9 heteroatoms. The van der Waals surface area contributed by atoms with Crippen LogP contribution in [0.15, 0.2) is 35.8 Å². The monoisotopic (exact) mass is 384 g/mol. The Morgan fingerprint density at radius 2 is 2.22 bits per heavy atom. The molecule has 27 heavy (non-hydrogen) atoms. The largest absolute Gasteiger partial charge is 0.332 e. The van der Waals surface area contributed by atoms with Crippen molar-refractivity contribution >= 4 is 38.9 Å². The molecule has 4 rings (SSSR count). The summed E-state index contributed by atoms with van der Waals surface area (Å²) in [4.78, 5) is 26.6. The molecule has 140 valence electrons. The Bertz CT molecular complexity index is 981. The first-order valence-corrected chi connectivity index (χ1v) is 9.70. The van der Waals surface area contributed by atoms with E-state index in [-0.39, 0.29) is 6.04 Å². The third-order valence-electron chi connectivity index (χ3n) is 4.73. The number of carbonyl (C=O) groups excluding carboxylic acids is 2. The Hall–Kier alpha value is -2.78. The number of fused-ring (bicyclic) bond motifs is 1. The zero-order valence-electron chi connectivity index (χ0n) is 14.7. The number of piperidine rings is 1. The van der Waals surface area contributed by atoms with Gasteiger partial charge in [-0.2, -0.15) is 0 Å². The molecule has 1 fully saturated rings. The fraction of sp³-hybridized carbons (Fsp3) is 0.333. The summed E-state index contributed by atoms with van der Waals surface area (Å²) in [6.07, 6.45) is 3.49. The SMILES string of the molecule is NCc1cn(C2CCCN(C(=O)C(=O)Nc3ccc4sccc4c3)C2)nn1. The lowest BCUT2D eigenvalue weighted by molar-refractivity contribution is -0.144. The lowest BCUT2D eigenvalue weighted by Crippen LogP contribution is -2.45. The molecule has 3 heterocycles. The van der Waals surface area contributed by atoms with Crippen molar-refractivity contribution in [2.75, 3.05) is 18.4 Å². The first-order chi connectivity index (χ1) is 13.1. The minimum atomic E-state index is -0.619. The maximum absolute atomic E-state index is 12.6. The van der Waals surface area contributed by atoms with Crippen LogP contribution in [0.2, 0.25) is 0 Å². The molecule has 2 amide bonds. The normalized spacial score (nSPS) is 17.2. The van der Waals surface area contributed by atoms with Crippen molar-refractivity contribution in [2.24, 2.45) is 5.73 Å². The smallest absolute Gasteiger partial charge is 0.313 e. The van der Waals surface area contributed by atoms with Crippen molar-refractivity contribution in [3.8, 4) is 0 Å². The molecular formula is C18H20N6O2S. The molecule has 1 saturated heterocycles. The van der Waals surface area contributed by atoms with Gasteiger partial charge in [-0.25, -0.2) is 4.68 Å². The van der Waals surface area contributed by atoms with Crippen LogP contribution in [0.5, 0.6) is 0 Å². The van der Waals surface area contributed by atoms with Gasteiger partial charge in [0.25, 0.3) is 0 Å². The van der Waals surface area contributed by atoms with Gasteiger partial charge in [0.15, 0.2) is 0 Å². The van der Waals surface area contributed by atoms with Crippen molar-refractivity contribution in [2.45, 2.75) is 25.4 Å². The fourth-order valence-corrected chi connectivity index (χ4v) is 4.08. The van der Waals surface area contributed by atoms with E-state index < -0.39 is 11.8 Å². The molecule has 3 N–H and O–H groups in total. The van der Waals surface area contributed by atoms with Crippen molar-refractivity contribution < 1.29 is 9.59 Å². The van der Waals surface area contributed by atoms with E-state index in [0.717, 1.165) is 22.9 Å². The van der Waals surface area contributed by atoms with E-state index in [1.54, 1.807) is 27.1 Å². The Morgan fingerprint density at radius 1 is 1.33 bits per heavy atom. The minimum Gasteiger partial charge on any atom is -0.332 e. The molecule has 1 aromatic carbocycles. The van der Waals surface area contributed by atoms with E-state index in [1.807, 2.05) is 29.6 Å².